The zero-order valence-corrected chi connectivity index (χ0v) is 20.3. The van der Waals surface area contributed by atoms with Crippen LogP contribution in [0.15, 0.2) is 48.5 Å². The van der Waals surface area contributed by atoms with Gasteiger partial charge in [-0.15, -0.1) is 15.0 Å². The summed E-state index contributed by atoms with van der Waals surface area (Å²) in [6.45, 7) is -0.268. The van der Waals surface area contributed by atoms with Gasteiger partial charge in [-0.2, -0.15) is 26.3 Å². The molecule has 4 unspecified atom stereocenters. The smallest absolute Gasteiger partial charge is 0.371 e. The lowest BCUT2D eigenvalue weighted by Crippen LogP contribution is -2.54. The van der Waals surface area contributed by atoms with Crippen molar-refractivity contribution in [2.75, 3.05) is 7.11 Å². The summed E-state index contributed by atoms with van der Waals surface area (Å²) in [7, 11) is 1.52. The van der Waals surface area contributed by atoms with E-state index in [9.17, 15) is 26.3 Å². The quantitative estimate of drug-likeness (QED) is 0.423. The predicted molar refractivity (Wildman–Crippen MR) is 121 cm³/mol. The normalized spacial score (nSPS) is 25.6. The Morgan fingerprint density at radius 1 is 1.00 bits per heavy atom. The van der Waals surface area contributed by atoms with Crippen molar-refractivity contribution in [2.45, 2.75) is 68.6 Å². The number of piperidine rings is 1. The Labute approximate surface area is 214 Å². The molecule has 2 bridgehead atoms. The lowest BCUT2D eigenvalue weighted by atomic mass is 9.80. The molecular weight excluding hydrogens is 516 g/mol. The molecule has 2 aliphatic rings. The molecule has 0 spiro atoms. The number of hydrogen-bond acceptors (Lipinski definition) is 6. The van der Waals surface area contributed by atoms with E-state index in [1.54, 1.807) is 0 Å². The summed E-state index contributed by atoms with van der Waals surface area (Å²) in [6, 6.07) is 11.0. The van der Waals surface area contributed by atoms with Gasteiger partial charge in [-0.05, 0) is 53.8 Å². The second kappa shape index (κ2) is 9.93. The number of ether oxygens (including phenoxy) is 2. The van der Waals surface area contributed by atoms with Crippen molar-refractivity contribution in [3.63, 3.8) is 0 Å². The van der Waals surface area contributed by atoms with Crippen molar-refractivity contribution >= 4 is 0 Å². The van der Waals surface area contributed by atoms with E-state index in [2.05, 4.69) is 20.7 Å². The molecule has 4 atom stereocenters. The maximum absolute atomic E-state index is 13.3. The second-order valence-electron chi connectivity index (χ2n) is 9.63. The maximum atomic E-state index is 13.3. The van der Waals surface area contributed by atoms with Gasteiger partial charge >= 0.3 is 12.4 Å². The lowest BCUT2D eigenvalue weighted by molar-refractivity contribution is -0.143. The molecule has 3 heterocycles. The second-order valence-corrected chi connectivity index (χ2v) is 9.63. The van der Waals surface area contributed by atoms with Gasteiger partial charge in [0.25, 0.3) is 0 Å². The van der Waals surface area contributed by atoms with Crippen molar-refractivity contribution in [1.29, 1.82) is 0 Å². The summed E-state index contributed by atoms with van der Waals surface area (Å²) >= 11 is 0. The molecule has 0 aliphatic carbocycles. The molecule has 38 heavy (non-hydrogen) atoms. The van der Waals surface area contributed by atoms with Gasteiger partial charge in [0, 0.05) is 19.1 Å². The first-order valence-electron chi connectivity index (χ1n) is 12.0. The number of aromatic nitrogens is 4. The fraction of sp³-hybridized carbons (Fsp3) is 0.480. The van der Waals surface area contributed by atoms with Crippen LogP contribution in [0.2, 0.25) is 0 Å². The summed E-state index contributed by atoms with van der Waals surface area (Å²) in [4.78, 5) is 1.34. The standard InChI is InChI=1S/C25H25F6N5O2/c1-37-14-36-34-22(33-35-36)19-12-23(16-5-3-2-4-6-16)21(8-7-20(19)32-23)38-13-15-9-17(24(26,27)28)11-18(10-15)25(29,30)31/h2-6,9-11,19-21,32H,7-8,12-14H2,1H3. The summed E-state index contributed by atoms with van der Waals surface area (Å²) in [5.41, 5.74) is -2.76. The van der Waals surface area contributed by atoms with Gasteiger partial charge in [0.1, 0.15) is 0 Å². The number of nitrogens with zero attached hydrogens (tertiary/aromatic N) is 4. The van der Waals surface area contributed by atoms with E-state index < -0.39 is 41.7 Å². The number of benzene rings is 2. The first-order valence-corrected chi connectivity index (χ1v) is 12.0. The number of rotatable bonds is 7. The minimum absolute atomic E-state index is 0.0133. The Bertz CT molecular complexity index is 1230. The fourth-order valence-electron chi connectivity index (χ4n) is 5.55. The largest absolute Gasteiger partial charge is 0.416 e. The summed E-state index contributed by atoms with van der Waals surface area (Å²) in [5, 5.41) is 16.3. The average molecular weight is 541 g/mol. The number of fused-ring (bicyclic) bond motifs is 2. The van der Waals surface area contributed by atoms with Crippen molar-refractivity contribution in [3.8, 4) is 0 Å². The van der Waals surface area contributed by atoms with Crippen LogP contribution in [0.5, 0.6) is 0 Å². The number of tetrazole rings is 1. The van der Waals surface area contributed by atoms with Gasteiger partial charge in [-0.25, -0.2) is 0 Å². The third-order valence-electron chi connectivity index (χ3n) is 7.19. The minimum atomic E-state index is -4.92. The molecule has 0 amide bonds. The fourth-order valence-corrected chi connectivity index (χ4v) is 5.55. The van der Waals surface area contributed by atoms with Gasteiger partial charge in [0.2, 0.25) is 0 Å². The van der Waals surface area contributed by atoms with Crippen LogP contribution in [0.3, 0.4) is 0 Å². The zero-order valence-electron chi connectivity index (χ0n) is 20.3. The van der Waals surface area contributed by atoms with Gasteiger partial charge in [-0.1, -0.05) is 30.3 Å². The van der Waals surface area contributed by atoms with Gasteiger partial charge in [-0.3, -0.25) is 0 Å². The highest BCUT2D eigenvalue weighted by Crippen LogP contribution is 2.50. The summed E-state index contributed by atoms with van der Waals surface area (Å²) < 4.78 is 91.3. The summed E-state index contributed by atoms with van der Waals surface area (Å²) in [5.74, 6) is 0.408. The van der Waals surface area contributed by atoms with Crippen LogP contribution in [0, 0.1) is 0 Å². The molecule has 1 aromatic heterocycles. The van der Waals surface area contributed by atoms with E-state index in [4.69, 9.17) is 9.47 Å². The third kappa shape index (κ3) is 5.14. The molecule has 5 rings (SSSR count). The molecule has 204 valence electrons. The molecule has 7 nitrogen and oxygen atoms in total. The molecule has 2 saturated heterocycles. The van der Waals surface area contributed by atoms with Gasteiger partial charge in [0.15, 0.2) is 12.6 Å². The topological polar surface area (TPSA) is 74.1 Å². The van der Waals surface area contributed by atoms with E-state index in [0.717, 1.165) is 5.56 Å². The molecule has 2 aliphatic heterocycles. The molecule has 2 aromatic carbocycles. The average Bonchev–Trinajstić information content (AvgIpc) is 3.46. The van der Waals surface area contributed by atoms with Crippen molar-refractivity contribution < 1.29 is 35.8 Å². The molecular formula is C25H25F6N5O2. The van der Waals surface area contributed by atoms with E-state index in [-0.39, 0.29) is 30.3 Å². The van der Waals surface area contributed by atoms with Crippen molar-refractivity contribution in [3.05, 3.63) is 76.6 Å². The van der Waals surface area contributed by atoms with Crippen LogP contribution in [-0.4, -0.2) is 39.5 Å². The van der Waals surface area contributed by atoms with E-state index in [1.807, 2.05) is 30.3 Å². The maximum Gasteiger partial charge on any atom is 0.416 e. The molecule has 13 heteroatoms. The van der Waals surface area contributed by atoms with Crippen LogP contribution < -0.4 is 5.32 Å². The molecule has 0 saturated carbocycles. The van der Waals surface area contributed by atoms with Crippen molar-refractivity contribution in [2.24, 2.45) is 0 Å². The Morgan fingerprint density at radius 2 is 1.68 bits per heavy atom. The Hall–Kier alpha value is -3.03. The Kier molecular flexibility index (Phi) is 6.95. The molecule has 2 fully saturated rings. The van der Waals surface area contributed by atoms with Crippen LogP contribution in [0.1, 0.15) is 53.3 Å². The molecule has 0 radical (unpaired) electrons. The zero-order chi connectivity index (χ0) is 27.1. The first kappa shape index (κ1) is 26.6. The van der Waals surface area contributed by atoms with E-state index in [0.29, 0.717) is 37.2 Å². The SMILES string of the molecule is COCn1nnc(C2CC3(c4ccccc4)NC2CCC3OCc2cc(C(F)(F)F)cc(C(F)(F)F)c2)n1. The minimum Gasteiger partial charge on any atom is -0.371 e. The Morgan fingerprint density at radius 3 is 2.32 bits per heavy atom. The number of alkyl halides is 6. The predicted octanol–water partition coefficient (Wildman–Crippen LogP) is 5.03. The third-order valence-corrected chi connectivity index (χ3v) is 7.19. The summed E-state index contributed by atoms with van der Waals surface area (Å²) in [6.07, 6.45) is -8.66. The van der Waals surface area contributed by atoms with Crippen LogP contribution in [-0.2, 0) is 40.7 Å². The van der Waals surface area contributed by atoms with Crippen LogP contribution in [0.25, 0.3) is 0 Å². The van der Waals surface area contributed by atoms with E-state index in [1.165, 1.54) is 11.9 Å². The first-order chi connectivity index (χ1) is 18.0. The van der Waals surface area contributed by atoms with Crippen LogP contribution >= 0.6 is 0 Å². The highest BCUT2D eigenvalue weighted by Gasteiger charge is 2.55. The number of halogens is 6. The molecule has 1 N–H and O–H groups in total. The number of hydrogen-bond donors (Lipinski definition) is 1. The van der Waals surface area contributed by atoms with Crippen molar-refractivity contribution in [1.82, 2.24) is 25.5 Å². The highest BCUT2D eigenvalue weighted by atomic mass is 19.4. The highest BCUT2D eigenvalue weighted by molar-refractivity contribution is 5.35. The monoisotopic (exact) mass is 541 g/mol. The van der Waals surface area contributed by atoms with Crippen LogP contribution in [0.4, 0.5) is 26.3 Å². The molecule has 3 aromatic rings. The Balaban J connectivity index is 1.44. The van der Waals surface area contributed by atoms with E-state index >= 15 is 0 Å². The van der Waals surface area contributed by atoms with Gasteiger partial charge in [0.05, 0.1) is 29.4 Å². The number of methoxy groups -OCH3 is 1. The number of nitrogens with one attached hydrogen (secondary N) is 1. The van der Waals surface area contributed by atoms with Gasteiger partial charge < -0.3 is 14.8 Å². The lowest BCUT2D eigenvalue weighted by Gasteiger charge is -2.42.